The molecule has 1 unspecified atom stereocenters. The van der Waals surface area contributed by atoms with Crippen molar-refractivity contribution in [2.75, 3.05) is 6.54 Å². The first-order valence-electron chi connectivity index (χ1n) is 6.58. The molecule has 20 heavy (non-hydrogen) atoms. The van der Waals surface area contributed by atoms with Gasteiger partial charge in [0.15, 0.2) is 0 Å². The van der Waals surface area contributed by atoms with E-state index in [1.165, 1.54) is 6.07 Å². The minimum Gasteiger partial charge on any atom is -0.304 e. The van der Waals surface area contributed by atoms with Gasteiger partial charge in [0.05, 0.1) is 6.04 Å². The number of nitrogens with zero attached hydrogens (tertiary/aromatic N) is 2. The largest absolute Gasteiger partial charge is 0.304 e. The van der Waals surface area contributed by atoms with Gasteiger partial charge in [-0.2, -0.15) is 0 Å². The van der Waals surface area contributed by atoms with Crippen molar-refractivity contribution in [2.45, 2.75) is 26.3 Å². The van der Waals surface area contributed by atoms with Gasteiger partial charge in [-0.1, -0.05) is 22.9 Å². The van der Waals surface area contributed by atoms with Crippen LogP contribution in [-0.2, 0) is 0 Å². The maximum atomic E-state index is 14.1. The molecule has 0 saturated carbocycles. The summed E-state index contributed by atoms with van der Waals surface area (Å²) in [6.07, 6.45) is 4.45. The lowest BCUT2D eigenvalue weighted by atomic mass is 10.1. The van der Waals surface area contributed by atoms with Gasteiger partial charge in [-0.05, 0) is 43.7 Å². The number of hydrogen-bond acceptors (Lipinski definition) is 3. The minimum atomic E-state index is -0.340. The smallest absolute Gasteiger partial charge is 0.149 e. The highest BCUT2D eigenvalue weighted by molar-refractivity contribution is 9.10. The third-order valence-corrected chi connectivity index (χ3v) is 3.42. The second kappa shape index (κ2) is 6.90. The summed E-state index contributed by atoms with van der Waals surface area (Å²) in [5, 5.41) is 3.30. The zero-order valence-electron chi connectivity index (χ0n) is 11.5. The van der Waals surface area contributed by atoms with Gasteiger partial charge in [0.1, 0.15) is 11.6 Å². The molecule has 0 aliphatic heterocycles. The molecule has 0 radical (unpaired) electrons. The van der Waals surface area contributed by atoms with E-state index in [9.17, 15) is 4.39 Å². The quantitative estimate of drug-likeness (QED) is 0.902. The fourth-order valence-electron chi connectivity index (χ4n) is 1.92. The lowest BCUT2D eigenvalue weighted by Gasteiger charge is -2.18. The number of benzene rings is 1. The molecule has 3 nitrogen and oxygen atoms in total. The highest BCUT2D eigenvalue weighted by Crippen LogP contribution is 2.25. The van der Waals surface area contributed by atoms with Crippen LogP contribution in [0, 0.1) is 12.7 Å². The number of aryl methyl sites for hydroxylation is 1. The Morgan fingerprint density at radius 3 is 2.65 bits per heavy atom. The molecule has 0 spiro atoms. The first-order valence-corrected chi connectivity index (χ1v) is 7.38. The third kappa shape index (κ3) is 3.61. The number of halogens is 2. The van der Waals surface area contributed by atoms with Gasteiger partial charge in [0.2, 0.25) is 0 Å². The number of hydrogen-bond donors (Lipinski definition) is 1. The van der Waals surface area contributed by atoms with Gasteiger partial charge in [0.25, 0.3) is 0 Å². The van der Waals surface area contributed by atoms with Gasteiger partial charge in [-0.15, -0.1) is 0 Å². The van der Waals surface area contributed by atoms with Gasteiger partial charge in [0, 0.05) is 22.4 Å². The fourth-order valence-corrected chi connectivity index (χ4v) is 2.30. The molecule has 0 saturated heterocycles. The molecule has 0 aliphatic carbocycles. The van der Waals surface area contributed by atoms with Crippen LogP contribution < -0.4 is 5.32 Å². The summed E-state index contributed by atoms with van der Waals surface area (Å²) < 4.78 is 14.9. The Balaban J connectivity index is 2.41. The van der Waals surface area contributed by atoms with Crippen molar-refractivity contribution in [3.05, 3.63) is 57.8 Å². The van der Waals surface area contributed by atoms with Crippen molar-refractivity contribution in [3.8, 4) is 0 Å². The van der Waals surface area contributed by atoms with E-state index in [1.54, 1.807) is 24.5 Å². The average molecular weight is 338 g/mol. The van der Waals surface area contributed by atoms with E-state index in [0.29, 0.717) is 11.4 Å². The third-order valence-electron chi connectivity index (χ3n) is 2.93. The standard InChI is InChI=1S/C15H17BrFN3/c1-3-6-18-14(15-19-8-10(2)9-20-15)12-7-11(16)4-5-13(12)17/h4-5,7-9,14,18H,3,6H2,1-2H3. The first kappa shape index (κ1) is 15.1. The van der Waals surface area contributed by atoms with Crippen molar-refractivity contribution >= 4 is 15.9 Å². The average Bonchev–Trinajstić information content (AvgIpc) is 2.44. The Labute approximate surface area is 126 Å². The molecule has 106 valence electrons. The topological polar surface area (TPSA) is 37.8 Å². The second-order valence-electron chi connectivity index (χ2n) is 4.67. The van der Waals surface area contributed by atoms with E-state index in [0.717, 1.165) is 23.0 Å². The Hall–Kier alpha value is -1.33. The van der Waals surface area contributed by atoms with Crippen LogP contribution in [-0.4, -0.2) is 16.5 Å². The van der Waals surface area contributed by atoms with Crippen LogP contribution in [0.25, 0.3) is 0 Å². The maximum absolute atomic E-state index is 14.1. The fraction of sp³-hybridized carbons (Fsp3) is 0.333. The van der Waals surface area contributed by atoms with E-state index in [4.69, 9.17) is 0 Å². The van der Waals surface area contributed by atoms with Crippen LogP contribution >= 0.6 is 15.9 Å². The van der Waals surface area contributed by atoms with Gasteiger partial charge in [-0.3, -0.25) is 0 Å². The molecule has 2 rings (SSSR count). The Kier molecular flexibility index (Phi) is 5.20. The van der Waals surface area contributed by atoms with Crippen molar-refractivity contribution in [2.24, 2.45) is 0 Å². The van der Waals surface area contributed by atoms with Crippen LogP contribution in [0.1, 0.15) is 36.3 Å². The molecule has 0 aliphatic rings. The van der Waals surface area contributed by atoms with E-state index < -0.39 is 0 Å². The molecule has 2 aromatic rings. The Morgan fingerprint density at radius 2 is 2.00 bits per heavy atom. The second-order valence-corrected chi connectivity index (χ2v) is 5.59. The lowest BCUT2D eigenvalue weighted by Crippen LogP contribution is -2.26. The molecule has 0 bridgehead atoms. The molecule has 1 heterocycles. The van der Waals surface area contributed by atoms with Crippen molar-refractivity contribution in [1.82, 2.24) is 15.3 Å². The van der Waals surface area contributed by atoms with Gasteiger partial charge >= 0.3 is 0 Å². The molecule has 0 amide bonds. The van der Waals surface area contributed by atoms with Gasteiger partial charge in [-0.25, -0.2) is 14.4 Å². The highest BCUT2D eigenvalue weighted by Gasteiger charge is 2.20. The predicted octanol–water partition coefficient (Wildman–Crippen LogP) is 3.78. The van der Waals surface area contributed by atoms with E-state index in [-0.39, 0.29) is 11.9 Å². The van der Waals surface area contributed by atoms with E-state index in [2.05, 4.69) is 38.1 Å². The molecule has 1 atom stereocenters. The van der Waals surface area contributed by atoms with Gasteiger partial charge < -0.3 is 5.32 Å². The zero-order chi connectivity index (χ0) is 14.5. The molecule has 1 aromatic carbocycles. The number of aromatic nitrogens is 2. The van der Waals surface area contributed by atoms with Crippen LogP contribution in [0.2, 0.25) is 0 Å². The van der Waals surface area contributed by atoms with Crippen LogP contribution in [0.3, 0.4) is 0 Å². The highest BCUT2D eigenvalue weighted by atomic mass is 79.9. The molecule has 5 heteroatoms. The van der Waals surface area contributed by atoms with Crippen LogP contribution in [0.4, 0.5) is 4.39 Å². The summed E-state index contributed by atoms with van der Waals surface area (Å²) in [5.74, 6) is 0.326. The summed E-state index contributed by atoms with van der Waals surface area (Å²) in [6, 6.07) is 4.57. The SMILES string of the molecule is CCCNC(c1ncc(C)cn1)c1cc(Br)ccc1F. The Bertz CT molecular complexity index is 572. The van der Waals surface area contributed by atoms with Crippen LogP contribution in [0.15, 0.2) is 35.1 Å². The molecular weight excluding hydrogens is 321 g/mol. The Morgan fingerprint density at radius 1 is 1.30 bits per heavy atom. The molecule has 0 fully saturated rings. The van der Waals surface area contributed by atoms with E-state index >= 15 is 0 Å². The first-order chi connectivity index (χ1) is 9.61. The van der Waals surface area contributed by atoms with Crippen LogP contribution in [0.5, 0.6) is 0 Å². The number of nitrogens with one attached hydrogen (secondary N) is 1. The number of rotatable bonds is 5. The van der Waals surface area contributed by atoms with Crippen molar-refractivity contribution in [1.29, 1.82) is 0 Å². The normalized spacial score (nSPS) is 12.4. The summed E-state index contributed by atoms with van der Waals surface area (Å²) in [6.45, 7) is 4.77. The maximum Gasteiger partial charge on any atom is 0.149 e. The van der Waals surface area contributed by atoms with Crippen molar-refractivity contribution in [3.63, 3.8) is 0 Å². The predicted molar refractivity (Wildman–Crippen MR) is 81.0 cm³/mol. The van der Waals surface area contributed by atoms with Crippen molar-refractivity contribution < 1.29 is 4.39 Å². The molecule has 1 N–H and O–H groups in total. The summed E-state index contributed by atoms with van der Waals surface area (Å²) in [5.41, 5.74) is 1.54. The summed E-state index contributed by atoms with van der Waals surface area (Å²) in [7, 11) is 0. The lowest BCUT2D eigenvalue weighted by molar-refractivity contribution is 0.529. The zero-order valence-corrected chi connectivity index (χ0v) is 13.1. The molecule has 1 aromatic heterocycles. The molecular formula is C15H17BrFN3. The summed E-state index contributed by atoms with van der Waals surface area (Å²) >= 11 is 3.38. The monoisotopic (exact) mass is 337 g/mol. The minimum absolute atomic E-state index is 0.258. The summed E-state index contributed by atoms with van der Waals surface area (Å²) in [4.78, 5) is 8.65. The van der Waals surface area contributed by atoms with E-state index in [1.807, 2.05) is 6.92 Å².